The van der Waals surface area contributed by atoms with Gasteiger partial charge in [-0.15, -0.1) is 0 Å². The first kappa shape index (κ1) is 29.1. The lowest BCUT2D eigenvalue weighted by Crippen LogP contribution is -2.46. The first-order valence-electron chi connectivity index (χ1n) is 13.0. The molecule has 1 aromatic heterocycles. The van der Waals surface area contributed by atoms with Crippen molar-refractivity contribution >= 4 is 17.8 Å². The van der Waals surface area contributed by atoms with Crippen LogP contribution in [-0.2, 0) is 25.5 Å². The molecule has 1 aromatic carbocycles. The lowest BCUT2D eigenvalue weighted by Gasteiger charge is -2.31. The number of benzene rings is 1. The second-order valence-electron chi connectivity index (χ2n) is 10.1. The van der Waals surface area contributed by atoms with Crippen LogP contribution in [0.2, 0.25) is 0 Å². The Morgan fingerprint density at radius 3 is 2.55 bits per heavy atom. The molecule has 0 unspecified atom stereocenters. The van der Waals surface area contributed by atoms with Gasteiger partial charge in [0.15, 0.2) is 17.5 Å². The number of carbonyl (C=O) groups is 3. The Balaban J connectivity index is 1.81. The van der Waals surface area contributed by atoms with Crippen LogP contribution in [0.5, 0.6) is 11.5 Å². The maximum atomic E-state index is 13.2. The van der Waals surface area contributed by atoms with E-state index in [0.29, 0.717) is 12.5 Å². The summed E-state index contributed by atoms with van der Waals surface area (Å²) in [7, 11) is 1.39. The number of hydrogen-bond donors (Lipinski definition) is 1. The average molecular weight is 527 g/mol. The van der Waals surface area contributed by atoms with E-state index in [2.05, 4.69) is 36.3 Å². The number of nitrogens with one attached hydrogen (secondary N) is 1. The molecular weight excluding hydrogens is 488 g/mol. The molecule has 206 valence electrons. The van der Waals surface area contributed by atoms with Crippen LogP contribution in [0.3, 0.4) is 0 Å². The normalized spacial score (nSPS) is 22.0. The van der Waals surface area contributed by atoms with Gasteiger partial charge in [-0.2, -0.15) is 0 Å². The summed E-state index contributed by atoms with van der Waals surface area (Å²) in [6, 6.07) is 10.6. The molecule has 1 fully saturated rings. The van der Waals surface area contributed by atoms with Gasteiger partial charge in [0.2, 0.25) is 5.75 Å². The van der Waals surface area contributed by atoms with E-state index in [1.165, 1.54) is 31.9 Å². The molecule has 0 radical (unpaired) electrons. The smallest absolute Gasteiger partial charge is 0.331 e. The number of hydrogen-bond acceptors (Lipinski definition) is 8. The molecule has 0 saturated carbocycles. The number of esters is 2. The number of nitrogens with zero attached hydrogens (tertiary/aromatic N) is 1. The molecule has 2 aromatic rings. The van der Waals surface area contributed by atoms with Crippen molar-refractivity contribution in [3.63, 3.8) is 0 Å². The van der Waals surface area contributed by atoms with Gasteiger partial charge in [0.1, 0.15) is 6.10 Å². The molecule has 38 heavy (non-hydrogen) atoms. The first-order valence-corrected chi connectivity index (χ1v) is 13.0. The zero-order valence-electron chi connectivity index (χ0n) is 22.8. The van der Waals surface area contributed by atoms with Gasteiger partial charge in [0.05, 0.1) is 20.3 Å². The van der Waals surface area contributed by atoms with Crippen molar-refractivity contribution < 1.29 is 33.3 Å². The molecule has 9 nitrogen and oxygen atoms in total. The molecule has 0 spiro atoms. The third-order valence-electron chi connectivity index (χ3n) is 6.68. The molecule has 1 amide bonds. The third-order valence-corrected chi connectivity index (χ3v) is 6.68. The van der Waals surface area contributed by atoms with E-state index in [1.54, 1.807) is 0 Å². The number of aromatic nitrogens is 1. The molecule has 3 rings (SSSR count). The average Bonchev–Trinajstić information content (AvgIpc) is 2.92. The Morgan fingerprint density at radius 2 is 1.89 bits per heavy atom. The standard InChI is InChI=1S/C29H38N2O7/c1-18(2)11-12-23-19(3)37-29(34)24(17-36-16-22(23)15-21-9-7-6-8-10-21)31-28(33)26-27(38-20(4)32)25(35-5)13-14-30-26/h6-10,13-14,18-19,22-24H,11-12,15-17H2,1-5H3,(H,31,33)/t19-,22-,23-,24-/m0/s1. The van der Waals surface area contributed by atoms with Gasteiger partial charge in [0.25, 0.3) is 5.91 Å². The van der Waals surface area contributed by atoms with Crippen LogP contribution in [0.25, 0.3) is 0 Å². The number of cyclic esters (lactones) is 1. The molecule has 2 heterocycles. The van der Waals surface area contributed by atoms with Crippen molar-refractivity contribution in [3.8, 4) is 11.5 Å². The van der Waals surface area contributed by atoms with E-state index in [1.807, 2.05) is 25.1 Å². The Bertz CT molecular complexity index is 1090. The number of carbonyl (C=O) groups excluding carboxylic acids is 3. The highest BCUT2D eigenvalue weighted by molar-refractivity contribution is 5.98. The summed E-state index contributed by atoms with van der Waals surface area (Å²) in [5, 5.41) is 2.65. The Labute approximate surface area is 224 Å². The highest BCUT2D eigenvalue weighted by Gasteiger charge is 2.35. The van der Waals surface area contributed by atoms with Crippen molar-refractivity contribution in [1.29, 1.82) is 0 Å². The van der Waals surface area contributed by atoms with Crippen LogP contribution in [0.15, 0.2) is 42.6 Å². The highest BCUT2D eigenvalue weighted by Crippen LogP contribution is 2.31. The van der Waals surface area contributed by atoms with Crippen LogP contribution >= 0.6 is 0 Å². The van der Waals surface area contributed by atoms with Crippen molar-refractivity contribution in [2.45, 2.75) is 59.1 Å². The van der Waals surface area contributed by atoms with Gasteiger partial charge in [-0.3, -0.25) is 9.59 Å². The van der Waals surface area contributed by atoms with Crippen LogP contribution in [0.4, 0.5) is 0 Å². The SMILES string of the molecule is COc1ccnc(C(=O)N[C@H]2COC[C@H](Cc3ccccc3)[C@@H](CCC(C)C)[C@H](C)OC2=O)c1OC(C)=O. The van der Waals surface area contributed by atoms with Crippen molar-refractivity contribution in [3.05, 3.63) is 53.9 Å². The van der Waals surface area contributed by atoms with Gasteiger partial charge in [-0.25, -0.2) is 9.78 Å². The molecule has 1 saturated heterocycles. The van der Waals surface area contributed by atoms with E-state index in [4.69, 9.17) is 18.9 Å². The van der Waals surface area contributed by atoms with E-state index in [0.717, 1.165) is 19.3 Å². The van der Waals surface area contributed by atoms with Gasteiger partial charge in [0, 0.05) is 25.1 Å². The Kier molecular flexibility index (Phi) is 10.6. The Hall–Kier alpha value is -3.46. The minimum Gasteiger partial charge on any atom is -0.493 e. The second kappa shape index (κ2) is 13.9. The minimum atomic E-state index is -1.07. The van der Waals surface area contributed by atoms with Crippen LogP contribution < -0.4 is 14.8 Å². The highest BCUT2D eigenvalue weighted by atomic mass is 16.6. The molecule has 1 aliphatic rings. The topological polar surface area (TPSA) is 113 Å². The fraction of sp³-hybridized carbons (Fsp3) is 0.517. The van der Waals surface area contributed by atoms with Gasteiger partial charge in [-0.1, -0.05) is 50.6 Å². The molecule has 1 N–H and O–H groups in total. The molecule has 1 aliphatic heterocycles. The molecular formula is C29H38N2O7. The predicted molar refractivity (Wildman–Crippen MR) is 141 cm³/mol. The van der Waals surface area contributed by atoms with E-state index in [-0.39, 0.29) is 41.7 Å². The number of ether oxygens (including phenoxy) is 4. The van der Waals surface area contributed by atoms with Crippen LogP contribution in [0, 0.1) is 17.8 Å². The van der Waals surface area contributed by atoms with Crippen molar-refractivity contribution in [2.24, 2.45) is 17.8 Å². The van der Waals surface area contributed by atoms with E-state index in [9.17, 15) is 14.4 Å². The summed E-state index contributed by atoms with van der Waals surface area (Å²) in [6.45, 7) is 7.83. The third kappa shape index (κ3) is 8.02. The largest absolute Gasteiger partial charge is 0.493 e. The fourth-order valence-electron chi connectivity index (χ4n) is 4.71. The minimum absolute atomic E-state index is 0.0631. The van der Waals surface area contributed by atoms with Gasteiger partial charge < -0.3 is 24.3 Å². The maximum Gasteiger partial charge on any atom is 0.331 e. The summed E-state index contributed by atoms with van der Waals surface area (Å²) in [6.07, 6.45) is 3.67. The van der Waals surface area contributed by atoms with E-state index < -0.39 is 23.9 Å². The predicted octanol–water partition coefficient (Wildman–Crippen LogP) is 3.99. The zero-order chi connectivity index (χ0) is 27.7. The van der Waals surface area contributed by atoms with Crippen molar-refractivity contribution in [2.75, 3.05) is 20.3 Å². The van der Waals surface area contributed by atoms with Crippen molar-refractivity contribution in [1.82, 2.24) is 10.3 Å². The quantitative estimate of drug-likeness (QED) is 0.488. The summed E-state index contributed by atoms with van der Waals surface area (Å²) in [4.78, 5) is 42.0. The van der Waals surface area contributed by atoms with Gasteiger partial charge in [-0.05, 0) is 37.2 Å². The first-order chi connectivity index (χ1) is 18.2. The lowest BCUT2D eigenvalue weighted by atomic mass is 9.80. The van der Waals surface area contributed by atoms with Crippen LogP contribution in [0.1, 0.15) is 56.6 Å². The molecule has 0 bridgehead atoms. The number of rotatable bonds is 9. The van der Waals surface area contributed by atoms with Gasteiger partial charge >= 0.3 is 11.9 Å². The molecule has 0 aliphatic carbocycles. The number of pyridine rings is 1. The second-order valence-corrected chi connectivity index (χ2v) is 10.1. The lowest BCUT2D eigenvalue weighted by molar-refractivity contribution is -0.154. The summed E-state index contributed by atoms with van der Waals surface area (Å²) in [5.41, 5.74) is 1.01. The zero-order valence-corrected chi connectivity index (χ0v) is 22.8. The van der Waals surface area contributed by atoms with E-state index >= 15 is 0 Å². The summed E-state index contributed by atoms with van der Waals surface area (Å²) in [5.74, 6) is -1.16. The maximum absolute atomic E-state index is 13.2. The summed E-state index contributed by atoms with van der Waals surface area (Å²) >= 11 is 0. The molecule has 4 atom stereocenters. The Morgan fingerprint density at radius 1 is 1.16 bits per heavy atom. The fourth-order valence-corrected chi connectivity index (χ4v) is 4.71. The monoisotopic (exact) mass is 526 g/mol. The summed E-state index contributed by atoms with van der Waals surface area (Å²) < 4.78 is 22.3. The number of methoxy groups -OCH3 is 1. The molecule has 9 heteroatoms. The number of amides is 1. The van der Waals surface area contributed by atoms with Crippen LogP contribution in [-0.4, -0.2) is 55.3 Å².